The molecule has 0 saturated heterocycles. The molecule has 0 saturated carbocycles. The molecule has 8 heteroatoms. The highest BCUT2D eigenvalue weighted by Crippen LogP contribution is 2.32. The molecule has 0 radical (unpaired) electrons. The number of fused-ring (bicyclic) bond motifs is 1. The fourth-order valence-electron chi connectivity index (χ4n) is 2.63. The summed E-state index contributed by atoms with van der Waals surface area (Å²) in [5.74, 6) is -2.07. The second-order valence-corrected chi connectivity index (χ2v) is 5.03. The van der Waals surface area contributed by atoms with Gasteiger partial charge >= 0.3 is 11.9 Å². The topological polar surface area (TPSA) is 98.7 Å². The number of amides is 1. The van der Waals surface area contributed by atoms with Gasteiger partial charge in [-0.2, -0.15) is 0 Å². The van der Waals surface area contributed by atoms with Crippen LogP contribution >= 0.6 is 0 Å². The molecule has 23 heavy (non-hydrogen) atoms. The van der Waals surface area contributed by atoms with Gasteiger partial charge in [-0.05, 0) is 13.8 Å². The maximum Gasteiger partial charge on any atom is 0.344 e. The second kappa shape index (κ2) is 6.72. The molecule has 0 bridgehead atoms. The molecule has 1 aliphatic rings. The average molecular weight is 321 g/mol. The Morgan fingerprint density at radius 3 is 2.09 bits per heavy atom. The van der Waals surface area contributed by atoms with Crippen molar-refractivity contribution in [2.75, 3.05) is 13.2 Å². The van der Waals surface area contributed by atoms with Gasteiger partial charge in [-0.25, -0.2) is 9.59 Å². The normalized spacial score (nSPS) is 15.5. The van der Waals surface area contributed by atoms with Crippen LogP contribution in [0.15, 0.2) is 12.4 Å². The molecule has 0 aromatic carbocycles. The van der Waals surface area contributed by atoms with E-state index in [1.54, 1.807) is 13.8 Å². The molecule has 0 aliphatic carbocycles. The summed E-state index contributed by atoms with van der Waals surface area (Å²) in [6, 6.07) is 0. The van der Waals surface area contributed by atoms with E-state index in [9.17, 15) is 14.4 Å². The van der Waals surface area contributed by atoms with E-state index >= 15 is 0 Å². The smallest absolute Gasteiger partial charge is 0.344 e. The summed E-state index contributed by atoms with van der Waals surface area (Å²) >= 11 is 0. The number of ether oxygens (including phenoxy) is 2. The minimum absolute atomic E-state index is 0.00383. The van der Waals surface area contributed by atoms with Gasteiger partial charge in [-0.1, -0.05) is 0 Å². The Balaban J connectivity index is 2.58. The number of hydrogen-bond donors (Lipinski definition) is 0. The first-order chi connectivity index (χ1) is 11.0. The third-order valence-electron chi connectivity index (χ3n) is 3.66. The van der Waals surface area contributed by atoms with E-state index in [2.05, 4.69) is 9.97 Å². The quantitative estimate of drug-likeness (QED) is 0.579. The lowest BCUT2D eigenvalue weighted by Crippen LogP contribution is -2.65. The van der Waals surface area contributed by atoms with Crippen LogP contribution in [0.5, 0.6) is 0 Å². The molecule has 0 atom stereocenters. The van der Waals surface area contributed by atoms with Crippen LogP contribution in [-0.2, 0) is 36.8 Å². The maximum atomic E-state index is 12.6. The highest BCUT2D eigenvalue weighted by molar-refractivity contribution is 6.08. The van der Waals surface area contributed by atoms with Crippen LogP contribution in [0.2, 0.25) is 0 Å². The van der Waals surface area contributed by atoms with E-state index in [-0.39, 0.29) is 26.2 Å². The summed E-state index contributed by atoms with van der Waals surface area (Å²) in [6.07, 6.45) is 2.86. The predicted molar refractivity (Wildman–Crippen MR) is 78.0 cm³/mol. The van der Waals surface area contributed by atoms with Crippen LogP contribution in [0.3, 0.4) is 0 Å². The van der Waals surface area contributed by atoms with Crippen molar-refractivity contribution < 1.29 is 23.9 Å². The number of hydrogen-bond acceptors (Lipinski definition) is 7. The molecule has 2 rings (SSSR count). The molecule has 1 aromatic rings. The molecule has 0 N–H and O–H groups in total. The Hall–Kier alpha value is -2.51. The van der Waals surface area contributed by atoms with Gasteiger partial charge < -0.3 is 14.4 Å². The van der Waals surface area contributed by atoms with Gasteiger partial charge in [0.25, 0.3) is 0 Å². The number of nitrogens with zero attached hydrogens (tertiary/aromatic N) is 3. The molecule has 0 unspecified atom stereocenters. The first kappa shape index (κ1) is 16.9. The average Bonchev–Trinajstić information content (AvgIpc) is 2.53. The summed E-state index contributed by atoms with van der Waals surface area (Å²) < 4.78 is 10.1. The van der Waals surface area contributed by atoms with Gasteiger partial charge in [-0.3, -0.25) is 14.8 Å². The van der Waals surface area contributed by atoms with Crippen molar-refractivity contribution in [2.45, 2.75) is 39.3 Å². The van der Waals surface area contributed by atoms with Gasteiger partial charge in [0, 0.05) is 25.7 Å². The van der Waals surface area contributed by atoms with Crippen LogP contribution in [0.4, 0.5) is 0 Å². The fourth-order valence-corrected chi connectivity index (χ4v) is 2.63. The van der Waals surface area contributed by atoms with Crippen molar-refractivity contribution in [3.05, 3.63) is 23.8 Å². The number of aromatic nitrogens is 2. The lowest BCUT2D eigenvalue weighted by molar-refractivity contribution is -0.180. The third kappa shape index (κ3) is 2.88. The fraction of sp³-hybridized carbons (Fsp3) is 0.533. The van der Waals surface area contributed by atoms with E-state index in [1.165, 1.54) is 19.3 Å². The molecule has 2 heterocycles. The van der Waals surface area contributed by atoms with Crippen molar-refractivity contribution in [3.63, 3.8) is 0 Å². The molecule has 1 aromatic heterocycles. The maximum absolute atomic E-state index is 12.6. The van der Waals surface area contributed by atoms with E-state index in [4.69, 9.17) is 9.47 Å². The van der Waals surface area contributed by atoms with Crippen molar-refractivity contribution in [3.8, 4) is 0 Å². The van der Waals surface area contributed by atoms with Crippen molar-refractivity contribution in [1.82, 2.24) is 14.9 Å². The minimum atomic E-state index is -1.86. The molecular weight excluding hydrogens is 302 g/mol. The summed E-state index contributed by atoms with van der Waals surface area (Å²) in [5, 5.41) is 0. The highest BCUT2D eigenvalue weighted by atomic mass is 16.6. The Kier molecular flexibility index (Phi) is 4.92. The van der Waals surface area contributed by atoms with Gasteiger partial charge in [0.1, 0.15) is 0 Å². The van der Waals surface area contributed by atoms with Crippen LogP contribution in [-0.4, -0.2) is 51.5 Å². The Labute approximate surface area is 133 Å². The van der Waals surface area contributed by atoms with E-state index in [1.807, 2.05) is 0 Å². The number of esters is 2. The van der Waals surface area contributed by atoms with Crippen LogP contribution < -0.4 is 0 Å². The number of carbonyl (C=O) groups is 3. The second-order valence-electron chi connectivity index (χ2n) is 5.03. The molecular formula is C15H19N3O5. The Bertz CT molecular complexity index is 613. The highest BCUT2D eigenvalue weighted by Gasteiger charge is 2.58. The van der Waals surface area contributed by atoms with Crippen LogP contribution in [0, 0.1) is 0 Å². The summed E-state index contributed by atoms with van der Waals surface area (Å²) in [4.78, 5) is 46.8. The third-order valence-corrected chi connectivity index (χ3v) is 3.66. The Morgan fingerprint density at radius 2 is 1.61 bits per heavy atom. The summed E-state index contributed by atoms with van der Waals surface area (Å²) in [7, 11) is 0. The van der Waals surface area contributed by atoms with Crippen molar-refractivity contribution in [2.24, 2.45) is 0 Å². The van der Waals surface area contributed by atoms with Crippen LogP contribution in [0.25, 0.3) is 0 Å². The van der Waals surface area contributed by atoms with Gasteiger partial charge in [0.05, 0.1) is 31.1 Å². The van der Waals surface area contributed by atoms with E-state index in [0.717, 1.165) is 4.90 Å². The van der Waals surface area contributed by atoms with Gasteiger partial charge in [0.15, 0.2) is 0 Å². The molecule has 0 spiro atoms. The first-order valence-electron chi connectivity index (χ1n) is 7.38. The monoisotopic (exact) mass is 321 g/mol. The van der Waals surface area contributed by atoms with E-state index in [0.29, 0.717) is 11.4 Å². The summed E-state index contributed by atoms with van der Waals surface area (Å²) in [6.45, 7) is 4.71. The number of carbonyl (C=O) groups excluding carboxylic acids is 3. The zero-order valence-corrected chi connectivity index (χ0v) is 13.4. The van der Waals surface area contributed by atoms with Gasteiger partial charge in [0.2, 0.25) is 11.4 Å². The molecule has 0 fully saturated rings. The first-order valence-corrected chi connectivity index (χ1v) is 7.38. The van der Waals surface area contributed by atoms with Crippen molar-refractivity contribution >= 4 is 17.8 Å². The largest absolute Gasteiger partial charge is 0.464 e. The lowest BCUT2D eigenvalue weighted by atomic mass is 9.86. The molecule has 124 valence electrons. The zero-order valence-electron chi connectivity index (χ0n) is 13.4. The Morgan fingerprint density at radius 1 is 1.09 bits per heavy atom. The van der Waals surface area contributed by atoms with E-state index < -0.39 is 23.4 Å². The van der Waals surface area contributed by atoms with Gasteiger partial charge in [-0.15, -0.1) is 0 Å². The number of rotatable bonds is 4. The molecule has 1 aliphatic heterocycles. The molecule has 1 amide bonds. The standard InChI is InChI=1S/C15H19N3O5/c1-4-22-13(20)15(14(21)23-5-2)8-11-12(17-7-6-16-11)9-18(15)10(3)19/h6-7H,4-5,8-9H2,1-3H3. The minimum Gasteiger partial charge on any atom is -0.464 e. The lowest BCUT2D eigenvalue weighted by Gasteiger charge is -2.41. The summed E-state index contributed by atoms with van der Waals surface area (Å²) in [5.41, 5.74) is -0.834. The SMILES string of the molecule is CCOC(=O)C1(C(=O)OCC)Cc2nccnc2CN1C(C)=O. The zero-order chi connectivity index (χ0) is 17.0. The van der Waals surface area contributed by atoms with Crippen LogP contribution in [0.1, 0.15) is 32.2 Å². The predicted octanol–water partition coefficient (Wildman–Crippen LogP) is 0.246. The molecule has 8 nitrogen and oxygen atoms in total. The van der Waals surface area contributed by atoms with Crippen molar-refractivity contribution in [1.29, 1.82) is 0 Å².